The summed E-state index contributed by atoms with van der Waals surface area (Å²) in [5.41, 5.74) is 6.83. The van der Waals surface area contributed by atoms with Crippen LogP contribution in [-0.4, -0.2) is 88.1 Å². The van der Waals surface area contributed by atoms with Crippen LogP contribution in [0.1, 0.15) is 48.0 Å². The van der Waals surface area contributed by atoms with Crippen molar-refractivity contribution in [2.75, 3.05) is 52.9 Å². The van der Waals surface area contributed by atoms with Gasteiger partial charge in [-0.05, 0) is 69.6 Å². The first-order chi connectivity index (χ1) is 17.5. The number of pyridine rings is 1. The summed E-state index contributed by atoms with van der Waals surface area (Å²) >= 11 is 0. The maximum absolute atomic E-state index is 4.86. The van der Waals surface area contributed by atoms with E-state index in [1.54, 1.807) is 0 Å². The number of hydrogen-bond acceptors (Lipinski definition) is 5. The van der Waals surface area contributed by atoms with Crippen molar-refractivity contribution < 1.29 is 0 Å². The monoisotopic (exact) mass is 486 g/mol. The molecule has 4 heterocycles. The van der Waals surface area contributed by atoms with Gasteiger partial charge in [-0.1, -0.05) is 43.3 Å². The number of aromatic nitrogens is 3. The van der Waals surface area contributed by atoms with Crippen molar-refractivity contribution in [3.63, 3.8) is 0 Å². The van der Waals surface area contributed by atoms with Gasteiger partial charge in [-0.2, -0.15) is 0 Å². The third-order valence-electron chi connectivity index (χ3n) is 8.17. The van der Waals surface area contributed by atoms with Gasteiger partial charge >= 0.3 is 0 Å². The Balaban J connectivity index is 1.14. The quantitative estimate of drug-likeness (QED) is 0.496. The van der Waals surface area contributed by atoms with E-state index in [-0.39, 0.29) is 0 Å². The minimum Gasteiger partial charge on any atom is -0.308 e. The molecule has 1 aromatic carbocycles. The molecule has 2 aliphatic heterocycles. The zero-order valence-corrected chi connectivity index (χ0v) is 22.6. The molecular formula is C30H42N6. The van der Waals surface area contributed by atoms with E-state index in [1.165, 1.54) is 68.8 Å². The predicted molar refractivity (Wildman–Crippen MR) is 149 cm³/mol. The fourth-order valence-corrected chi connectivity index (χ4v) is 5.63. The molecule has 2 saturated heterocycles. The van der Waals surface area contributed by atoms with Crippen LogP contribution < -0.4 is 0 Å². The number of benzene rings is 1. The number of likely N-dealkylation sites (N-methyl/N-ethyl adjacent to an activating group) is 1. The molecular weight excluding hydrogens is 444 g/mol. The van der Waals surface area contributed by atoms with E-state index in [4.69, 9.17) is 9.97 Å². The topological polar surface area (TPSA) is 40.4 Å². The molecule has 0 N–H and O–H groups in total. The predicted octanol–water partition coefficient (Wildman–Crippen LogP) is 4.38. The average molecular weight is 487 g/mol. The van der Waals surface area contributed by atoms with Crippen molar-refractivity contribution in [2.24, 2.45) is 0 Å². The standard InChI is InChI=1S/C30H42N6/c1-5-29-32-28-21-23(2)24(3)31-30(28)36(29)22-26-10-8-25(9-11-26)7-6-14-34-15-12-27(13-16-34)35-19-17-33(4)18-20-35/h6-11,21,27H,5,12-20,22H2,1-4H3. The van der Waals surface area contributed by atoms with Gasteiger partial charge in [-0.25, -0.2) is 9.97 Å². The second kappa shape index (κ2) is 11.2. The van der Waals surface area contributed by atoms with Gasteiger partial charge in [0, 0.05) is 50.9 Å². The first kappa shape index (κ1) is 25.1. The highest BCUT2D eigenvalue weighted by atomic mass is 15.3. The highest BCUT2D eigenvalue weighted by molar-refractivity contribution is 5.73. The lowest BCUT2D eigenvalue weighted by molar-refractivity contribution is 0.0709. The summed E-state index contributed by atoms with van der Waals surface area (Å²) in [6, 6.07) is 11.9. The highest BCUT2D eigenvalue weighted by Gasteiger charge is 2.26. The van der Waals surface area contributed by atoms with Crippen LogP contribution >= 0.6 is 0 Å². The molecule has 0 amide bonds. The first-order valence-electron chi connectivity index (χ1n) is 13.7. The molecule has 3 aromatic rings. The average Bonchev–Trinajstić information content (AvgIpc) is 3.22. The number of hydrogen-bond donors (Lipinski definition) is 0. The van der Waals surface area contributed by atoms with Gasteiger partial charge in [0.05, 0.1) is 6.54 Å². The lowest BCUT2D eigenvalue weighted by Crippen LogP contribution is -2.52. The summed E-state index contributed by atoms with van der Waals surface area (Å²) in [7, 11) is 2.24. The van der Waals surface area contributed by atoms with Crippen LogP contribution in [0.25, 0.3) is 17.2 Å². The van der Waals surface area contributed by atoms with Gasteiger partial charge in [0.15, 0.2) is 5.65 Å². The van der Waals surface area contributed by atoms with Crippen molar-refractivity contribution in [1.29, 1.82) is 0 Å². The minimum absolute atomic E-state index is 0.787. The molecule has 0 bridgehead atoms. The SMILES string of the molecule is CCc1nc2cc(C)c(C)nc2n1Cc1ccc(C=CCN2CCC(N3CCN(C)CC3)CC2)cc1. The summed E-state index contributed by atoms with van der Waals surface area (Å²) in [6.07, 6.45) is 8.13. The number of imidazole rings is 1. The van der Waals surface area contributed by atoms with Crippen molar-refractivity contribution in [3.05, 3.63) is 64.6 Å². The van der Waals surface area contributed by atoms with E-state index in [0.29, 0.717) is 0 Å². The molecule has 0 aliphatic carbocycles. The van der Waals surface area contributed by atoms with E-state index in [2.05, 4.69) is 89.6 Å². The Morgan fingerprint density at radius 1 is 0.944 bits per heavy atom. The van der Waals surface area contributed by atoms with Crippen molar-refractivity contribution in [1.82, 2.24) is 29.2 Å². The number of rotatable bonds is 7. The number of likely N-dealkylation sites (tertiary alicyclic amines) is 1. The van der Waals surface area contributed by atoms with Crippen LogP contribution in [0.4, 0.5) is 0 Å². The highest BCUT2D eigenvalue weighted by Crippen LogP contribution is 2.21. The van der Waals surface area contributed by atoms with Crippen LogP contribution in [0.15, 0.2) is 36.4 Å². The van der Waals surface area contributed by atoms with E-state index in [9.17, 15) is 0 Å². The smallest absolute Gasteiger partial charge is 0.160 e. The number of piperazine rings is 1. The van der Waals surface area contributed by atoms with Crippen molar-refractivity contribution in [3.8, 4) is 0 Å². The zero-order chi connectivity index (χ0) is 25.1. The number of aryl methyl sites for hydroxylation is 3. The van der Waals surface area contributed by atoms with Gasteiger partial charge in [-0.3, -0.25) is 9.80 Å². The molecule has 36 heavy (non-hydrogen) atoms. The summed E-state index contributed by atoms with van der Waals surface area (Å²) in [4.78, 5) is 17.5. The van der Waals surface area contributed by atoms with E-state index in [1.807, 2.05) is 0 Å². The summed E-state index contributed by atoms with van der Waals surface area (Å²) in [6.45, 7) is 15.5. The number of piperidine rings is 1. The molecule has 0 unspecified atom stereocenters. The largest absolute Gasteiger partial charge is 0.308 e. The number of fused-ring (bicyclic) bond motifs is 1. The molecule has 2 aromatic heterocycles. The molecule has 5 rings (SSSR count). The van der Waals surface area contributed by atoms with E-state index in [0.717, 1.165) is 48.2 Å². The van der Waals surface area contributed by atoms with Gasteiger partial charge < -0.3 is 9.47 Å². The second-order valence-corrected chi connectivity index (χ2v) is 10.7. The Kier molecular flexibility index (Phi) is 7.85. The molecule has 0 saturated carbocycles. The Morgan fingerprint density at radius 3 is 2.36 bits per heavy atom. The van der Waals surface area contributed by atoms with Crippen LogP contribution in [0.2, 0.25) is 0 Å². The summed E-state index contributed by atoms with van der Waals surface area (Å²) < 4.78 is 2.28. The normalized spacial score (nSPS) is 19.1. The Bertz CT molecular complexity index is 1180. The Morgan fingerprint density at radius 2 is 1.67 bits per heavy atom. The number of nitrogens with zero attached hydrogens (tertiary/aromatic N) is 6. The lowest BCUT2D eigenvalue weighted by atomic mass is 10.0. The van der Waals surface area contributed by atoms with Crippen molar-refractivity contribution in [2.45, 2.75) is 52.6 Å². The third kappa shape index (κ3) is 5.72. The molecule has 2 aliphatic rings. The third-order valence-corrected chi connectivity index (χ3v) is 8.17. The molecule has 6 nitrogen and oxygen atoms in total. The van der Waals surface area contributed by atoms with Crippen LogP contribution in [0, 0.1) is 13.8 Å². The van der Waals surface area contributed by atoms with Gasteiger partial charge in [0.2, 0.25) is 0 Å². The molecule has 0 atom stereocenters. The van der Waals surface area contributed by atoms with Gasteiger partial charge in [0.25, 0.3) is 0 Å². The molecule has 192 valence electrons. The molecule has 0 radical (unpaired) electrons. The van der Waals surface area contributed by atoms with Crippen molar-refractivity contribution >= 4 is 17.2 Å². The van der Waals surface area contributed by atoms with Crippen LogP contribution in [0.3, 0.4) is 0 Å². The summed E-state index contributed by atoms with van der Waals surface area (Å²) in [5, 5.41) is 0. The molecule has 0 spiro atoms. The fourth-order valence-electron chi connectivity index (χ4n) is 5.63. The molecule has 6 heteroatoms. The van der Waals surface area contributed by atoms with E-state index >= 15 is 0 Å². The molecule has 2 fully saturated rings. The first-order valence-corrected chi connectivity index (χ1v) is 13.7. The zero-order valence-electron chi connectivity index (χ0n) is 22.6. The second-order valence-electron chi connectivity index (χ2n) is 10.7. The van der Waals surface area contributed by atoms with Gasteiger partial charge in [-0.15, -0.1) is 0 Å². The van der Waals surface area contributed by atoms with Gasteiger partial charge in [0.1, 0.15) is 11.3 Å². The van der Waals surface area contributed by atoms with E-state index < -0.39 is 0 Å². The minimum atomic E-state index is 0.787. The van der Waals surface area contributed by atoms with Crippen LogP contribution in [0.5, 0.6) is 0 Å². The summed E-state index contributed by atoms with van der Waals surface area (Å²) in [5.74, 6) is 1.10. The Hall–Kier alpha value is -2.54. The van der Waals surface area contributed by atoms with Crippen LogP contribution in [-0.2, 0) is 13.0 Å². The lowest BCUT2D eigenvalue weighted by Gasteiger charge is -2.41. The maximum Gasteiger partial charge on any atom is 0.160 e. The Labute approximate surface area is 216 Å². The maximum atomic E-state index is 4.86. The fraction of sp³-hybridized carbons (Fsp3) is 0.533.